The molecule has 3 aromatic rings. The standard InChI is InChI=1S/C36H41N5O6/c1-3-40(4-2)34(43)22-39-20-31-32(21-39)47-29-11-9-24(10-12-29)18-37-33(42)23-46-30-16-27(35(44)38-31)15-28(17-30)36(45)41-14-13-25-7-5-6-8-26(25)19-41/h5-12,15-17,31-32H,3-4,13-14,18-23H2,1-2H3,(H,37,42)(H,38,44)/t31-,32-/m0/s1. The third-order valence-electron chi connectivity index (χ3n) is 9.04. The average Bonchev–Trinajstić information content (AvgIpc) is 3.45. The highest BCUT2D eigenvalue weighted by atomic mass is 16.5. The van der Waals surface area contributed by atoms with Gasteiger partial charge in [-0.2, -0.15) is 0 Å². The normalized spacial score (nSPS) is 19.7. The molecule has 4 aliphatic rings. The summed E-state index contributed by atoms with van der Waals surface area (Å²) in [6.45, 7) is 7.26. The van der Waals surface area contributed by atoms with E-state index < -0.39 is 18.1 Å². The summed E-state index contributed by atoms with van der Waals surface area (Å²) in [6, 6.07) is 19.7. The number of nitrogens with zero attached hydrogens (tertiary/aromatic N) is 3. The Hall–Kier alpha value is -4.90. The van der Waals surface area contributed by atoms with Gasteiger partial charge in [0.1, 0.15) is 17.6 Å². The van der Waals surface area contributed by atoms with Crippen LogP contribution in [0, 0.1) is 0 Å². The van der Waals surface area contributed by atoms with E-state index in [9.17, 15) is 19.2 Å². The second kappa shape index (κ2) is 14.3. The molecule has 47 heavy (non-hydrogen) atoms. The fraction of sp³-hybridized carbons (Fsp3) is 0.389. The quantitative estimate of drug-likeness (QED) is 0.441. The lowest BCUT2D eigenvalue weighted by Crippen LogP contribution is -2.45. The van der Waals surface area contributed by atoms with Gasteiger partial charge in [0, 0.05) is 56.9 Å². The van der Waals surface area contributed by atoms with Crippen LogP contribution in [-0.2, 0) is 29.1 Å². The lowest BCUT2D eigenvalue weighted by atomic mass is 9.99. The van der Waals surface area contributed by atoms with Gasteiger partial charge in [-0.25, -0.2) is 0 Å². The molecule has 1 fully saturated rings. The number of hydrogen-bond donors (Lipinski definition) is 2. The van der Waals surface area contributed by atoms with Gasteiger partial charge in [-0.15, -0.1) is 0 Å². The molecule has 0 saturated carbocycles. The summed E-state index contributed by atoms with van der Waals surface area (Å²) >= 11 is 0. The van der Waals surface area contributed by atoms with Gasteiger partial charge in [0.15, 0.2) is 6.61 Å². The monoisotopic (exact) mass is 639 g/mol. The van der Waals surface area contributed by atoms with Crippen molar-refractivity contribution in [3.63, 3.8) is 0 Å². The fourth-order valence-corrected chi connectivity index (χ4v) is 6.41. The van der Waals surface area contributed by atoms with E-state index >= 15 is 0 Å². The third kappa shape index (κ3) is 7.57. The van der Waals surface area contributed by atoms with Crippen molar-refractivity contribution in [2.24, 2.45) is 0 Å². The Morgan fingerprint density at radius 2 is 1.70 bits per heavy atom. The Bertz CT molecular complexity index is 1640. The number of hydrogen-bond acceptors (Lipinski definition) is 7. The van der Waals surface area contributed by atoms with Gasteiger partial charge in [-0.1, -0.05) is 36.4 Å². The fourth-order valence-electron chi connectivity index (χ4n) is 6.41. The lowest BCUT2D eigenvalue weighted by Gasteiger charge is -2.29. The minimum Gasteiger partial charge on any atom is -0.487 e. The van der Waals surface area contributed by atoms with E-state index in [4.69, 9.17) is 9.47 Å². The maximum atomic E-state index is 13.9. The van der Waals surface area contributed by atoms with Crippen molar-refractivity contribution in [3.8, 4) is 11.5 Å². The first-order valence-corrected chi connectivity index (χ1v) is 16.3. The molecule has 3 aromatic carbocycles. The second-order valence-electron chi connectivity index (χ2n) is 12.2. The predicted molar refractivity (Wildman–Crippen MR) is 175 cm³/mol. The molecule has 0 aromatic heterocycles. The van der Waals surface area contributed by atoms with E-state index in [1.54, 1.807) is 28.0 Å². The summed E-state index contributed by atoms with van der Waals surface area (Å²) in [5.41, 5.74) is 3.73. The molecule has 2 N–H and O–H groups in total. The molecular weight excluding hydrogens is 598 g/mol. The maximum Gasteiger partial charge on any atom is 0.258 e. The van der Waals surface area contributed by atoms with Crippen LogP contribution >= 0.6 is 0 Å². The Labute approximate surface area is 274 Å². The number of likely N-dealkylation sites (tertiary alicyclic amines) is 1. The molecule has 4 bridgehead atoms. The SMILES string of the molecule is CCN(CC)C(=O)CN1C[C@@H]2NC(=O)c3cc(cc(C(=O)N4CCc5ccccc5C4)c3)OCC(=O)NCc3ccc(cc3)O[C@H]2C1. The van der Waals surface area contributed by atoms with Crippen LogP contribution in [0.15, 0.2) is 66.7 Å². The van der Waals surface area contributed by atoms with Crippen molar-refractivity contribution in [2.75, 3.05) is 45.9 Å². The van der Waals surface area contributed by atoms with E-state index in [0.717, 1.165) is 17.5 Å². The number of nitrogens with one attached hydrogen (secondary N) is 2. The number of ether oxygens (including phenoxy) is 2. The highest BCUT2D eigenvalue weighted by Crippen LogP contribution is 2.25. The van der Waals surface area contributed by atoms with Crippen LogP contribution in [0.25, 0.3) is 0 Å². The zero-order chi connectivity index (χ0) is 32.9. The van der Waals surface area contributed by atoms with Crippen LogP contribution in [0.4, 0.5) is 0 Å². The van der Waals surface area contributed by atoms with Gasteiger partial charge in [-0.3, -0.25) is 24.1 Å². The smallest absolute Gasteiger partial charge is 0.258 e. The van der Waals surface area contributed by atoms with E-state index in [-0.39, 0.29) is 42.2 Å². The van der Waals surface area contributed by atoms with Gasteiger partial charge < -0.3 is 29.9 Å². The van der Waals surface area contributed by atoms with Crippen LogP contribution in [0.2, 0.25) is 0 Å². The predicted octanol–water partition coefficient (Wildman–Crippen LogP) is 2.62. The average molecular weight is 640 g/mol. The van der Waals surface area contributed by atoms with Crippen LogP contribution < -0.4 is 20.1 Å². The van der Waals surface area contributed by atoms with Crippen molar-refractivity contribution >= 4 is 23.6 Å². The zero-order valence-electron chi connectivity index (χ0n) is 26.9. The Morgan fingerprint density at radius 1 is 0.936 bits per heavy atom. The van der Waals surface area contributed by atoms with Crippen LogP contribution in [0.3, 0.4) is 0 Å². The highest BCUT2D eigenvalue weighted by Gasteiger charge is 2.37. The van der Waals surface area contributed by atoms with Crippen molar-refractivity contribution in [2.45, 2.75) is 45.5 Å². The first-order chi connectivity index (χ1) is 22.8. The van der Waals surface area contributed by atoms with E-state index in [0.29, 0.717) is 57.1 Å². The van der Waals surface area contributed by atoms with Gasteiger partial charge in [-0.05, 0) is 67.3 Å². The Morgan fingerprint density at radius 3 is 2.47 bits per heavy atom. The summed E-state index contributed by atoms with van der Waals surface area (Å²) < 4.78 is 12.2. The van der Waals surface area contributed by atoms with Crippen LogP contribution in [-0.4, -0.2) is 96.3 Å². The highest BCUT2D eigenvalue weighted by molar-refractivity contribution is 6.00. The van der Waals surface area contributed by atoms with Gasteiger partial charge in [0.05, 0.1) is 12.6 Å². The van der Waals surface area contributed by atoms with Gasteiger partial charge in [0.25, 0.3) is 17.7 Å². The summed E-state index contributed by atoms with van der Waals surface area (Å²) in [5.74, 6) is -0.0830. The molecule has 2 atom stereocenters. The molecule has 0 aliphatic carbocycles. The molecule has 4 amide bonds. The third-order valence-corrected chi connectivity index (χ3v) is 9.04. The molecule has 0 spiro atoms. The molecule has 1 saturated heterocycles. The number of rotatable bonds is 5. The summed E-state index contributed by atoms with van der Waals surface area (Å²) in [6.07, 6.45) is 0.308. The molecule has 0 radical (unpaired) electrons. The summed E-state index contributed by atoms with van der Waals surface area (Å²) in [5, 5.41) is 5.96. The Kier molecular flexibility index (Phi) is 9.72. The van der Waals surface area contributed by atoms with Crippen molar-refractivity contribution in [1.29, 1.82) is 0 Å². The second-order valence-corrected chi connectivity index (χ2v) is 12.2. The number of benzene rings is 3. The first kappa shape index (κ1) is 32.1. The van der Waals surface area contributed by atoms with Crippen molar-refractivity contribution in [3.05, 3.63) is 94.5 Å². The minimum atomic E-state index is -0.437. The van der Waals surface area contributed by atoms with Crippen LogP contribution in [0.1, 0.15) is 51.3 Å². The molecule has 4 aliphatic heterocycles. The van der Waals surface area contributed by atoms with Gasteiger partial charge >= 0.3 is 0 Å². The number of fused-ring (bicyclic) bond motifs is 8. The first-order valence-electron chi connectivity index (χ1n) is 16.3. The number of carbonyl (C=O) groups excluding carboxylic acids is 4. The van der Waals surface area contributed by atoms with Crippen LogP contribution in [0.5, 0.6) is 11.5 Å². The van der Waals surface area contributed by atoms with E-state index in [2.05, 4.69) is 16.7 Å². The van der Waals surface area contributed by atoms with Gasteiger partial charge in [0.2, 0.25) is 5.91 Å². The molecule has 11 nitrogen and oxygen atoms in total. The van der Waals surface area contributed by atoms with E-state index in [1.807, 2.05) is 61.2 Å². The molecular formula is C36H41N5O6. The van der Waals surface area contributed by atoms with Crippen molar-refractivity contribution < 1.29 is 28.7 Å². The number of carbonyl (C=O) groups is 4. The maximum absolute atomic E-state index is 13.9. The number of likely N-dealkylation sites (N-methyl/N-ethyl adjacent to an activating group) is 1. The molecule has 11 heteroatoms. The lowest BCUT2D eigenvalue weighted by molar-refractivity contribution is -0.131. The number of amides is 4. The Balaban J connectivity index is 1.28. The summed E-state index contributed by atoms with van der Waals surface area (Å²) in [4.78, 5) is 58.8. The summed E-state index contributed by atoms with van der Waals surface area (Å²) in [7, 11) is 0. The molecule has 0 unspecified atom stereocenters. The molecule has 246 valence electrons. The van der Waals surface area contributed by atoms with E-state index in [1.165, 1.54) is 5.56 Å². The topological polar surface area (TPSA) is 121 Å². The van der Waals surface area contributed by atoms with Crippen molar-refractivity contribution in [1.82, 2.24) is 25.3 Å². The molecule has 4 heterocycles. The molecule has 7 rings (SSSR count). The zero-order valence-corrected chi connectivity index (χ0v) is 26.9. The largest absolute Gasteiger partial charge is 0.487 e. The minimum absolute atomic E-state index is 0.0231.